The number of nitrogens with zero attached hydrogens (tertiary/aromatic N) is 2. The first-order chi connectivity index (χ1) is 15.0. The Kier molecular flexibility index (Phi) is 8.20. The molecule has 1 fully saturated rings. The summed E-state index contributed by atoms with van der Waals surface area (Å²) < 4.78 is 6.98. The van der Waals surface area contributed by atoms with Gasteiger partial charge in [0.25, 0.3) is 5.91 Å². The van der Waals surface area contributed by atoms with Crippen molar-refractivity contribution in [3.8, 4) is 0 Å². The maximum absolute atomic E-state index is 13.0. The van der Waals surface area contributed by atoms with Gasteiger partial charge in [0.1, 0.15) is 5.82 Å². The van der Waals surface area contributed by atoms with E-state index in [4.69, 9.17) is 16.2 Å². The van der Waals surface area contributed by atoms with E-state index in [9.17, 15) is 4.79 Å². The topological polar surface area (TPSA) is 116 Å². The first-order valence-electron chi connectivity index (χ1n) is 10.2. The lowest BCUT2D eigenvalue weighted by molar-refractivity contribution is 0.0742. The van der Waals surface area contributed by atoms with Crippen molar-refractivity contribution >= 4 is 39.4 Å². The number of hydrogen-bond donors (Lipinski definition) is 3. The Hall–Kier alpha value is -2.71. The third-order valence-electron chi connectivity index (χ3n) is 5.41. The zero-order chi connectivity index (χ0) is 22.2. The van der Waals surface area contributed by atoms with Gasteiger partial charge in [-0.05, 0) is 36.6 Å². The molecule has 1 aliphatic rings. The number of aliphatic imine (C=N–C) groups is 1. The van der Waals surface area contributed by atoms with Gasteiger partial charge in [-0.2, -0.15) is 0 Å². The van der Waals surface area contributed by atoms with Crippen LogP contribution in [0.3, 0.4) is 0 Å². The first kappa shape index (κ1) is 23.0. The highest BCUT2D eigenvalue weighted by atomic mass is 79.9. The van der Waals surface area contributed by atoms with Crippen molar-refractivity contribution in [2.45, 2.75) is 31.9 Å². The fourth-order valence-corrected chi connectivity index (χ4v) is 4.24. The van der Waals surface area contributed by atoms with Crippen molar-refractivity contribution in [1.82, 2.24) is 10.3 Å². The van der Waals surface area contributed by atoms with E-state index in [1.54, 1.807) is 25.5 Å². The largest absolute Gasteiger partial charge is 0.404 e. The number of anilines is 1. The SMILES string of the molecule is CN=CC(=CN)c1cnc(N)c(C(=O)N[C@H]2CCCC2COCc2cccc(Br)c2)c1. The van der Waals surface area contributed by atoms with Crippen LogP contribution in [0.5, 0.6) is 0 Å². The average molecular weight is 486 g/mol. The van der Waals surface area contributed by atoms with Gasteiger partial charge in [0.2, 0.25) is 0 Å². The Morgan fingerprint density at radius 3 is 2.97 bits per heavy atom. The highest BCUT2D eigenvalue weighted by molar-refractivity contribution is 9.10. The van der Waals surface area contributed by atoms with E-state index in [1.807, 2.05) is 24.3 Å². The van der Waals surface area contributed by atoms with Gasteiger partial charge >= 0.3 is 0 Å². The second-order valence-electron chi connectivity index (χ2n) is 7.58. The number of rotatable bonds is 8. The van der Waals surface area contributed by atoms with Crippen LogP contribution in [-0.4, -0.2) is 36.8 Å². The van der Waals surface area contributed by atoms with Crippen LogP contribution in [0.15, 0.2) is 52.2 Å². The van der Waals surface area contributed by atoms with Crippen LogP contribution in [0.1, 0.15) is 40.7 Å². The summed E-state index contributed by atoms with van der Waals surface area (Å²) in [7, 11) is 1.65. The minimum Gasteiger partial charge on any atom is -0.404 e. The van der Waals surface area contributed by atoms with E-state index >= 15 is 0 Å². The van der Waals surface area contributed by atoms with Crippen molar-refractivity contribution < 1.29 is 9.53 Å². The summed E-state index contributed by atoms with van der Waals surface area (Å²) in [5.41, 5.74) is 14.5. The number of aromatic nitrogens is 1. The fraction of sp³-hybridized carbons (Fsp3) is 0.348. The molecule has 8 heteroatoms. The third kappa shape index (κ3) is 6.15. The van der Waals surface area contributed by atoms with Crippen molar-refractivity contribution in [1.29, 1.82) is 0 Å². The summed E-state index contributed by atoms with van der Waals surface area (Å²) in [6.45, 7) is 1.14. The molecule has 0 aliphatic heterocycles. The lowest BCUT2D eigenvalue weighted by Crippen LogP contribution is -2.39. The van der Waals surface area contributed by atoms with Gasteiger partial charge in [-0.25, -0.2) is 4.98 Å². The Morgan fingerprint density at radius 2 is 2.23 bits per heavy atom. The van der Waals surface area contributed by atoms with Crippen LogP contribution >= 0.6 is 15.9 Å². The Morgan fingerprint density at radius 1 is 1.39 bits per heavy atom. The van der Waals surface area contributed by atoms with E-state index in [0.717, 1.165) is 29.3 Å². The van der Waals surface area contributed by atoms with Gasteiger partial charge in [0.05, 0.1) is 18.8 Å². The second-order valence-corrected chi connectivity index (χ2v) is 8.50. The number of pyridine rings is 1. The van der Waals surface area contributed by atoms with Gasteiger partial charge < -0.3 is 21.5 Å². The molecule has 1 aromatic carbocycles. The van der Waals surface area contributed by atoms with E-state index in [2.05, 4.69) is 31.2 Å². The summed E-state index contributed by atoms with van der Waals surface area (Å²) in [6.07, 6.45) is 7.61. The molecule has 2 aromatic rings. The quantitative estimate of drug-likeness (QED) is 0.494. The standard InChI is InChI=1S/C23H28BrN5O2/c1-27-11-18(10-25)17-9-20(22(26)28-12-17)23(30)29-21-7-3-5-16(21)14-31-13-15-4-2-6-19(24)8-15/h2,4,6,8-12,16,21H,3,5,7,13-14,25H2,1H3,(H2,26,28)(H,29,30)/t16?,21-/m0/s1. The normalized spacial score (nSPS) is 19.1. The number of allylic oxidation sites excluding steroid dienone is 1. The molecule has 1 aromatic heterocycles. The van der Waals surface area contributed by atoms with Crippen LogP contribution in [0, 0.1) is 5.92 Å². The number of nitrogen functional groups attached to an aromatic ring is 1. The molecule has 31 heavy (non-hydrogen) atoms. The van der Waals surface area contributed by atoms with Crippen LogP contribution in [-0.2, 0) is 11.3 Å². The molecule has 164 valence electrons. The summed E-state index contributed by atoms with van der Waals surface area (Å²) in [5, 5.41) is 3.13. The minimum atomic E-state index is -0.236. The molecule has 1 unspecified atom stereocenters. The number of hydrogen-bond acceptors (Lipinski definition) is 6. The van der Waals surface area contributed by atoms with Gasteiger partial charge in [-0.1, -0.05) is 34.5 Å². The zero-order valence-electron chi connectivity index (χ0n) is 17.6. The van der Waals surface area contributed by atoms with E-state index in [-0.39, 0.29) is 23.7 Å². The highest BCUT2D eigenvalue weighted by Crippen LogP contribution is 2.27. The van der Waals surface area contributed by atoms with Crippen LogP contribution < -0.4 is 16.8 Å². The highest BCUT2D eigenvalue weighted by Gasteiger charge is 2.29. The van der Waals surface area contributed by atoms with Crippen molar-refractivity contribution in [3.05, 3.63) is 63.9 Å². The summed E-state index contributed by atoms with van der Waals surface area (Å²) in [4.78, 5) is 21.1. The molecule has 7 nitrogen and oxygen atoms in total. The van der Waals surface area contributed by atoms with E-state index < -0.39 is 0 Å². The Bertz CT molecular complexity index is 976. The molecule has 1 heterocycles. The number of benzene rings is 1. The molecule has 2 atom stereocenters. The molecule has 0 radical (unpaired) electrons. The van der Waals surface area contributed by atoms with Gasteiger partial charge in [0.15, 0.2) is 0 Å². The number of halogens is 1. The van der Waals surface area contributed by atoms with Crippen molar-refractivity contribution in [3.63, 3.8) is 0 Å². The van der Waals surface area contributed by atoms with Gasteiger partial charge in [-0.15, -0.1) is 0 Å². The molecule has 3 rings (SSSR count). The molecule has 1 amide bonds. The molecule has 1 saturated carbocycles. The minimum absolute atomic E-state index is 0.0415. The maximum Gasteiger partial charge on any atom is 0.255 e. The number of carbonyl (C=O) groups is 1. The average Bonchev–Trinajstić information content (AvgIpc) is 3.19. The third-order valence-corrected chi connectivity index (χ3v) is 5.90. The predicted octanol–water partition coefficient (Wildman–Crippen LogP) is 3.54. The molecule has 1 aliphatic carbocycles. The zero-order valence-corrected chi connectivity index (χ0v) is 19.1. The summed E-state index contributed by atoms with van der Waals surface area (Å²) in [5.74, 6) is 0.215. The van der Waals surface area contributed by atoms with E-state index in [0.29, 0.717) is 29.9 Å². The second kappa shape index (κ2) is 11.1. The lowest BCUT2D eigenvalue weighted by Gasteiger charge is -2.21. The van der Waals surface area contributed by atoms with Crippen molar-refractivity contribution in [2.75, 3.05) is 19.4 Å². The smallest absolute Gasteiger partial charge is 0.255 e. The Labute approximate surface area is 191 Å². The van der Waals surface area contributed by atoms with Gasteiger partial charge in [0, 0.05) is 53.2 Å². The van der Waals surface area contributed by atoms with Crippen molar-refractivity contribution in [2.24, 2.45) is 16.6 Å². The molecule has 0 saturated heterocycles. The fourth-order valence-electron chi connectivity index (χ4n) is 3.80. The molecular formula is C23H28BrN5O2. The Balaban J connectivity index is 1.62. The summed E-state index contributed by atoms with van der Waals surface area (Å²) >= 11 is 3.48. The first-order valence-corrected chi connectivity index (χ1v) is 11.0. The number of nitrogens with one attached hydrogen (secondary N) is 1. The molecular weight excluding hydrogens is 458 g/mol. The number of amides is 1. The monoisotopic (exact) mass is 485 g/mol. The summed E-state index contributed by atoms with van der Waals surface area (Å²) in [6, 6.07) is 9.80. The molecule has 0 spiro atoms. The maximum atomic E-state index is 13.0. The van der Waals surface area contributed by atoms with Gasteiger partial charge in [-0.3, -0.25) is 9.79 Å². The molecule has 0 bridgehead atoms. The number of carbonyl (C=O) groups excluding carboxylic acids is 1. The predicted molar refractivity (Wildman–Crippen MR) is 128 cm³/mol. The van der Waals surface area contributed by atoms with Crippen LogP contribution in [0.4, 0.5) is 5.82 Å². The number of ether oxygens (including phenoxy) is 1. The van der Waals surface area contributed by atoms with E-state index in [1.165, 1.54) is 6.20 Å². The van der Waals surface area contributed by atoms with Crippen LogP contribution in [0.2, 0.25) is 0 Å². The molecule has 5 N–H and O–H groups in total. The lowest BCUT2D eigenvalue weighted by atomic mass is 10.0. The van der Waals surface area contributed by atoms with Crippen LogP contribution in [0.25, 0.3) is 5.57 Å². The number of nitrogens with two attached hydrogens (primary N) is 2.